The van der Waals surface area contributed by atoms with Crippen LogP contribution >= 0.6 is 21.3 Å². The van der Waals surface area contributed by atoms with Crippen molar-refractivity contribution in [1.82, 2.24) is 13.1 Å². The molecule has 0 spiro atoms. The molecule has 32 heavy (non-hydrogen) atoms. The van der Waals surface area contributed by atoms with Gasteiger partial charge in [0.05, 0.1) is 5.70 Å². The first-order valence-corrected chi connectivity index (χ1v) is 12.3. The molecule has 4 heterocycles. The van der Waals surface area contributed by atoms with Gasteiger partial charge in [-0.3, -0.25) is 9.79 Å². The molecule has 1 aliphatic carbocycles. The highest BCUT2D eigenvalue weighted by molar-refractivity contribution is 14.1. The Morgan fingerprint density at radius 3 is 2.81 bits per heavy atom. The standard InChI is InChI=1S/C22H17F2IN6O/c23-16-6-5-13-14(20(16)15-2-1-8-26-21(15)24)7-9-30-17(13)10-18(27-11-19(30)32)31-25-28-22(29-31)12-3-4-12/h1-2,5-6,8,10,12H,3-4,7,9,11H2. The third-order valence-electron chi connectivity index (χ3n) is 5.90. The Morgan fingerprint density at radius 2 is 2.00 bits per heavy atom. The summed E-state index contributed by atoms with van der Waals surface area (Å²) in [4.78, 5) is 22.7. The zero-order valence-electron chi connectivity index (χ0n) is 16.8. The van der Waals surface area contributed by atoms with Crippen LogP contribution < -0.4 is 0 Å². The molecule has 7 nitrogen and oxygen atoms in total. The van der Waals surface area contributed by atoms with E-state index in [9.17, 15) is 13.6 Å². The van der Waals surface area contributed by atoms with Gasteiger partial charge in [-0.25, -0.2) is 9.37 Å². The van der Waals surface area contributed by atoms with Gasteiger partial charge in [-0.2, -0.15) is 10.8 Å². The van der Waals surface area contributed by atoms with E-state index < -0.39 is 33.1 Å². The number of hydrogen-bond acceptors (Lipinski definition) is 6. The summed E-state index contributed by atoms with van der Waals surface area (Å²) in [5, 5.41) is 4.63. The molecule has 0 N–H and O–H groups in total. The number of carbonyl (C=O) groups is 1. The number of rotatable bonds is 2. The quantitative estimate of drug-likeness (QED) is 0.321. The molecule has 162 valence electrons. The SMILES string of the molecule is O=C1CN=C(N2N=C(C3CC3)N=I2)C=C2c3ccc(F)c(-c4cccnc4F)c3CCN12. The van der Waals surface area contributed by atoms with Crippen LogP contribution in [-0.2, 0) is 11.2 Å². The lowest BCUT2D eigenvalue weighted by atomic mass is 9.88. The highest BCUT2D eigenvalue weighted by atomic mass is 127. The van der Waals surface area contributed by atoms with Gasteiger partial charge in [0.15, 0.2) is 11.7 Å². The molecule has 2 aromatic rings. The van der Waals surface area contributed by atoms with Gasteiger partial charge in [0, 0.05) is 41.4 Å². The summed E-state index contributed by atoms with van der Waals surface area (Å²) < 4.78 is 35.8. The number of aliphatic imine (C=N–C) groups is 1. The summed E-state index contributed by atoms with van der Waals surface area (Å²) in [6.07, 6.45) is 5.81. The Hall–Kier alpha value is -2.89. The van der Waals surface area contributed by atoms with E-state index in [1.165, 1.54) is 18.3 Å². The number of amidine groups is 2. The molecular formula is C22H17F2IN6O. The second-order valence-electron chi connectivity index (χ2n) is 7.94. The molecule has 10 heteroatoms. The molecule has 3 aliphatic heterocycles. The summed E-state index contributed by atoms with van der Waals surface area (Å²) in [7, 11) is 0. The van der Waals surface area contributed by atoms with Crippen LogP contribution in [0.4, 0.5) is 8.78 Å². The number of halogens is 3. The summed E-state index contributed by atoms with van der Waals surface area (Å²) in [5.41, 5.74) is 2.31. The second kappa shape index (κ2) is 7.61. The lowest BCUT2D eigenvalue weighted by Crippen LogP contribution is -2.36. The smallest absolute Gasteiger partial charge is 0.248 e. The van der Waals surface area contributed by atoms with Crippen LogP contribution in [0.1, 0.15) is 24.0 Å². The fourth-order valence-corrected chi connectivity index (χ4v) is 5.93. The number of hydrazone groups is 1. The molecule has 1 aromatic heterocycles. The van der Waals surface area contributed by atoms with E-state index in [4.69, 9.17) is 0 Å². The zero-order valence-corrected chi connectivity index (χ0v) is 19.0. The number of hydrogen-bond donors (Lipinski definition) is 0. The van der Waals surface area contributed by atoms with Crippen molar-refractivity contribution in [3.8, 4) is 11.1 Å². The van der Waals surface area contributed by atoms with Gasteiger partial charge in [0.25, 0.3) is 0 Å². The molecule has 0 radical (unpaired) electrons. The van der Waals surface area contributed by atoms with E-state index in [0.29, 0.717) is 41.5 Å². The lowest BCUT2D eigenvalue weighted by molar-refractivity contribution is -0.126. The van der Waals surface area contributed by atoms with E-state index in [-0.39, 0.29) is 23.6 Å². The van der Waals surface area contributed by atoms with Crippen molar-refractivity contribution in [2.45, 2.75) is 19.3 Å². The highest BCUT2D eigenvalue weighted by Gasteiger charge is 2.34. The molecule has 1 amide bonds. The van der Waals surface area contributed by atoms with Crippen molar-refractivity contribution >= 4 is 44.6 Å². The number of nitrogens with zero attached hydrogens (tertiary/aromatic N) is 6. The van der Waals surface area contributed by atoms with Crippen LogP contribution in [0.15, 0.2) is 49.8 Å². The van der Waals surface area contributed by atoms with Crippen LogP contribution in [0.25, 0.3) is 16.8 Å². The first kappa shape index (κ1) is 19.8. The predicted octanol–water partition coefficient (Wildman–Crippen LogP) is 4.27. The number of pyridine rings is 1. The van der Waals surface area contributed by atoms with Crippen molar-refractivity contribution in [3.63, 3.8) is 0 Å². The Morgan fingerprint density at radius 1 is 1.12 bits per heavy atom. The third kappa shape index (κ3) is 3.28. The van der Waals surface area contributed by atoms with Crippen LogP contribution in [0.3, 0.4) is 0 Å². The number of aromatic nitrogens is 1. The minimum absolute atomic E-state index is 0.0183. The molecule has 0 unspecified atom stereocenters. The minimum Gasteiger partial charge on any atom is -0.310 e. The van der Waals surface area contributed by atoms with Crippen LogP contribution in [0.5, 0.6) is 0 Å². The Kier molecular flexibility index (Phi) is 4.70. The maximum absolute atomic E-state index is 14.9. The van der Waals surface area contributed by atoms with Crippen LogP contribution in [0, 0.1) is 17.7 Å². The number of amides is 1. The van der Waals surface area contributed by atoms with Crippen molar-refractivity contribution in [2.75, 3.05) is 13.1 Å². The van der Waals surface area contributed by atoms with Gasteiger partial charge in [-0.05, 0) is 49.1 Å². The van der Waals surface area contributed by atoms with Gasteiger partial charge in [0.1, 0.15) is 33.7 Å². The highest BCUT2D eigenvalue weighted by Crippen LogP contribution is 2.40. The minimum atomic E-state index is -0.725. The molecule has 0 bridgehead atoms. The summed E-state index contributed by atoms with van der Waals surface area (Å²) in [5.74, 6) is 0.562. The second-order valence-corrected chi connectivity index (χ2v) is 9.77. The van der Waals surface area contributed by atoms with Crippen molar-refractivity contribution < 1.29 is 13.6 Å². The topological polar surface area (TPSA) is 73.5 Å². The average Bonchev–Trinajstić information content (AvgIpc) is 3.56. The molecule has 1 aromatic carbocycles. The molecule has 0 saturated heterocycles. The number of carbonyl (C=O) groups excluding carboxylic acids is 1. The number of benzene rings is 1. The first-order valence-electron chi connectivity index (χ1n) is 10.3. The third-order valence-corrected chi connectivity index (χ3v) is 7.73. The summed E-state index contributed by atoms with van der Waals surface area (Å²) >= 11 is -0.725. The normalized spacial score (nSPS) is 20.1. The Bertz CT molecular complexity index is 1280. The van der Waals surface area contributed by atoms with E-state index >= 15 is 0 Å². The monoisotopic (exact) mass is 546 g/mol. The van der Waals surface area contributed by atoms with E-state index in [1.54, 1.807) is 17.0 Å². The van der Waals surface area contributed by atoms with E-state index in [1.807, 2.05) is 9.30 Å². The number of fused-ring (bicyclic) bond motifs is 3. The van der Waals surface area contributed by atoms with Crippen molar-refractivity contribution in [3.05, 3.63) is 59.4 Å². The molecule has 0 atom stereocenters. The Balaban J connectivity index is 1.47. The zero-order chi connectivity index (χ0) is 21.8. The van der Waals surface area contributed by atoms with Gasteiger partial charge in [-0.1, -0.05) is 0 Å². The summed E-state index contributed by atoms with van der Waals surface area (Å²) in [6, 6.07) is 6.08. The fourth-order valence-electron chi connectivity index (χ4n) is 4.18. The first-order chi connectivity index (χ1) is 15.6. The summed E-state index contributed by atoms with van der Waals surface area (Å²) in [6.45, 7) is 0.388. The van der Waals surface area contributed by atoms with Gasteiger partial charge in [0.2, 0.25) is 11.9 Å². The molecule has 1 saturated carbocycles. The van der Waals surface area contributed by atoms with Gasteiger partial charge < -0.3 is 4.90 Å². The van der Waals surface area contributed by atoms with Crippen molar-refractivity contribution in [1.29, 1.82) is 0 Å². The van der Waals surface area contributed by atoms with Gasteiger partial charge in [-0.15, -0.1) is 5.10 Å². The lowest BCUT2D eigenvalue weighted by Gasteiger charge is -2.32. The predicted molar refractivity (Wildman–Crippen MR) is 124 cm³/mol. The average molecular weight is 546 g/mol. The largest absolute Gasteiger partial charge is 0.310 e. The van der Waals surface area contributed by atoms with Crippen LogP contribution in [0.2, 0.25) is 0 Å². The van der Waals surface area contributed by atoms with Crippen molar-refractivity contribution in [2.24, 2.45) is 19.2 Å². The molecule has 6 rings (SSSR count). The molecule has 1 fully saturated rings. The molecule has 4 aliphatic rings. The fraction of sp³-hybridized carbons (Fsp3) is 0.273. The van der Waals surface area contributed by atoms with Gasteiger partial charge >= 0.3 is 0 Å². The van der Waals surface area contributed by atoms with E-state index in [0.717, 1.165) is 18.7 Å². The maximum Gasteiger partial charge on any atom is 0.248 e. The maximum atomic E-state index is 14.9. The Labute approximate surface area is 193 Å². The van der Waals surface area contributed by atoms with E-state index in [2.05, 4.69) is 18.2 Å². The van der Waals surface area contributed by atoms with Crippen LogP contribution in [-0.4, -0.2) is 43.8 Å². The molecular weight excluding hydrogens is 529 g/mol.